The second-order valence-corrected chi connectivity index (χ2v) is 3.56. The molecule has 0 aliphatic carbocycles. The smallest absolute Gasteiger partial charge is 0.234 e. The van der Waals surface area contributed by atoms with Crippen LogP contribution in [0, 0.1) is 0 Å². The second-order valence-electron chi connectivity index (χ2n) is 1.74. The summed E-state index contributed by atoms with van der Waals surface area (Å²) in [6.45, 7) is 4.03. The van der Waals surface area contributed by atoms with E-state index in [1.807, 2.05) is 18.7 Å². The first kappa shape index (κ1) is 7.92. The molecular weight excluding hydrogens is 116 g/mol. The zero-order chi connectivity index (χ0) is 6.41. The Morgan fingerprint density at radius 2 is 2.25 bits per heavy atom. The van der Waals surface area contributed by atoms with Crippen LogP contribution in [0.15, 0.2) is 11.8 Å². The molecule has 0 aromatic rings. The van der Waals surface area contributed by atoms with Crippen LogP contribution in [0.4, 0.5) is 0 Å². The summed E-state index contributed by atoms with van der Waals surface area (Å²) >= 11 is 0. The van der Waals surface area contributed by atoms with Crippen LogP contribution >= 0.6 is 0 Å². The summed E-state index contributed by atoms with van der Waals surface area (Å²) in [4.78, 5) is 9.06. The van der Waals surface area contributed by atoms with Crippen LogP contribution in [0.1, 0.15) is 20.3 Å². The maximum Gasteiger partial charge on any atom is 0.234 e. The van der Waals surface area contributed by atoms with Crippen molar-refractivity contribution in [3.05, 3.63) is 11.8 Å². The Kier molecular flexibility index (Phi) is 5.01. The van der Waals surface area contributed by atoms with Crippen LogP contribution in [0.5, 0.6) is 0 Å². The molecule has 2 heteroatoms. The Balaban J connectivity index is 3.17. The third-order valence-electron chi connectivity index (χ3n) is 0.865. The lowest BCUT2D eigenvalue weighted by atomic mass is 10.6. The highest BCUT2D eigenvalue weighted by molar-refractivity contribution is 6.56. The molecule has 0 saturated carbocycles. The van der Waals surface area contributed by atoms with Gasteiger partial charge in [-0.3, -0.25) is 0 Å². The molecule has 0 aliphatic heterocycles. The number of allylic oxidation sites excluding steroid dienone is 1. The molecule has 0 aromatic heterocycles. The van der Waals surface area contributed by atoms with Crippen molar-refractivity contribution in [2.45, 2.75) is 26.3 Å². The van der Waals surface area contributed by atoms with Gasteiger partial charge in [0, 0.05) is 0 Å². The van der Waals surface area contributed by atoms with E-state index in [9.17, 15) is 0 Å². The lowest BCUT2D eigenvalue weighted by Crippen LogP contribution is -2.05. The summed E-state index contributed by atoms with van der Waals surface area (Å²) in [5.74, 6) is 0. The molecule has 0 atom stereocenters. The Morgan fingerprint density at radius 1 is 1.62 bits per heavy atom. The molecule has 0 saturated heterocycles. The SMILES string of the molecule is CC=C[Si](O)CCC. The molecule has 0 fully saturated rings. The highest BCUT2D eigenvalue weighted by Crippen LogP contribution is 1.93. The maximum atomic E-state index is 9.06. The Hall–Kier alpha value is -0.0831. The average Bonchev–Trinajstić information content (AvgIpc) is 1.68. The lowest BCUT2D eigenvalue weighted by molar-refractivity contribution is 0.580. The minimum atomic E-state index is -1.07. The summed E-state index contributed by atoms with van der Waals surface area (Å²) in [5.41, 5.74) is 1.91. The van der Waals surface area contributed by atoms with E-state index in [4.69, 9.17) is 4.80 Å². The van der Waals surface area contributed by atoms with Gasteiger partial charge in [0.2, 0.25) is 9.04 Å². The fourth-order valence-electron chi connectivity index (χ4n) is 0.532. The normalized spacial score (nSPS) is 11.5. The van der Waals surface area contributed by atoms with Crippen LogP contribution in [-0.4, -0.2) is 13.8 Å². The van der Waals surface area contributed by atoms with Crippen LogP contribution in [0.3, 0.4) is 0 Å². The van der Waals surface area contributed by atoms with Crippen molar-refractivity contribution in [3.8, 4) is 0 Å². The van der Waals surface area contributed by atoms with E-state index in [0.717, 1.165) is 12.5 Å². The first-order valence-electron chi connectivity index (χ1n) is 2.98. The molecular formula is C6H13OSi. The van der Waals surface area contributed by atoms with E-state index in [2.05, 4.69) is 6.92 Å². The number of hydrogen-bond donors (Lipinski definition) is 1. The van der Waals surface area contributed by atoms with Gasteiger partial charge in [-0.25, -0.2) is 0 Å². The summed E-state index contributed by atoms with van der Waals surface area (Å²) in [7, 11) is -1.07. The van der Waals surface area contributed by atoms with Crippen molar-refractivity contribution >= 4 is 9.04 Å². The van der Waals surface area contributed by atoms with Crippen molar-refractivity contribution in [2.24, 2.45) is 0 Å². The second kappa shape index (κ2) is 5.06. The van der Waals surface area contributed by atoms with E-state index in [0.29, 0.717) is 0 Å². The third-order valence-corrected chi connectivity index (χ3v) is 2.60. The van der Waals surface area contributed by atoms with Crippen LogP contribution in [0.25, 0.3) is 0 Å². The van der Waals surface area contributed by atoms with Crippen LogP contribution in [-0.2, 0) is 0 Å². The lowest BCUT2D eigenvalue weighted by Gasteiger charge is -1.94. The number of hydrogen-bond acceptors (Lipinski definition) is 1. The molecule has 0 amide bonds. The molecule has 0 rings (SSSR count). The topological polar surface area (TPSA) is 20.2 Å². The number of rotatable bonds is 3. The van der Waals surface area contributed by atoms with Gasteiger partial charge in [0.1, 0.15) is 0 Å². The molecule has 1 radical (unpaired) electrons. The zero-order valence-corrected chi connectivity index (χ0v) is 6.52. The van der Waals surface area contributed by atoms with E-state index in [-0.39, 0.29) is 0 Å². The molecule has 0 bridgehead atoms. The Labute approximate surface area is 52.8 Å². The summed E-state index contributed by atoms with van der Waals surface area (Å²) in [6.07, 6.45) is 3.01. The molecule has 1 N–H and O–H groups in total. The van der Waals surface area contributed by atoms with Gasteiger partial charge in [-0.1, -0.05) is 25.1 Å². The minimum absolute atomic E-state index is 0.981. The van der Waals surface area contributed by atoms with Gasteiger partial charge < -0.3 is 4.80 Å². The monoisotopic (exact) mass is 129 g/mol. The van der Waals surface area contributed by atoms with Gasteiger partial charge >= 0.3 is 0 Å². The predicted octanol–water partition coefficient (Wildman–Crippen LogP) is 1.50. The van der Waals surface area contributed by atoms with E-state index in [1.165, 1.54) is 0 Å². The van der Waals surface area contributed by atoms with E-state index < -0.39 is 9.04 Å². The quantitative estimate of drug-likeness (QED) is 0.572. The van der Waals surface area contributed by atoms with Gasteiger partial charge in [0.25, 0.3) is 0 Å². The largest absolute Gasteiger partial charge is 0.428 e. The fourth-order valence-corrected chi connectivity index (χ4v) is 1.60. The molecule has 0 aromatic carbocycles. The highest BCUT2D eigenvalue weighted by atomic mass is 28.3. The van der Waals surface area contributed by atoms with Gasteiger partial charge in [-0.2, -0.15) is 0 Å². The van der Waals surface area contributed by atoms with Gasteiger partial charge in [-0.15, -0.1) is 0 Å². The molecule has 8 heavy (non-hydrogen) atoms. The molecule has 47 valence electrons. The fraction of sp³-hybridized carbons (Fsp3) is 0.667. The van der Waals surface area contributed by atoms with E-state index >= 15 is 0 Å². The molecule has 0 spiro atoms. The predicted molar refractivity (Wildman–Crippen MR) is 37.9 cm³/mol. The van der Waals surface area contributed by atoms with Gasteiger partial charge in [0.15, 0.2) is 0 Å². The van der Waals surface area contributed by atoms with Crippen molar-refractivity contribution < 1.29 is 4.80 Å². The Morgan fingerprint density at radius 3 is 2.62 bits per heavy atom. The summed E-state index contributed by atoms with van der Waals surface area (Å²) < 4.78 is 0. The van der Waals surface area contributed by atoms with Crippen LogP contribution in [0.2, 0.25) is 6.04 Å². The molecule has 0 unspecified atom stereocenters. The summed E-state index contributed by atoms with van der Waals surface area (Å²) in [6, 6.07) is 0.981. The van der Waals surface area contributed by atoms with Crippen molar-refractivity contribution in [1.29, 1.82) is 0 Å². The summed E-state index contributed by atoms with van der Waals surface area (Å²) in [5, 5.41) is 0. The van der Waals surface area contributed by atoms with Crippen molar-refractivity contribution in [2.75, 3.05) is 0 Å². The van der Waals surface area contributed by atoms with Crippen LogP contribution < -0.4 is 0 Å². The highest BCUT2D eigenvalue weighted by Gasteiger charge is 1.97. The standard InChI is InChI=1S/C6H13OSi/c1-3-5-8(7)6-4-2/h3,5,7H,4,6H2,1-2H3. The Bertz CT molecular complexity index is 70.9. The van der Waals surface area contributed by atoms with Gasteiger partial charge in [0.05, 0.1) is 0 Å². The molecule has 1 nitrogen and oxygen atoms in total. The van der Waals surface area contributed by atoms with Gasteiger partial charge in [-0.05, 0) is 13.0 Å². The zero-order valence-electron chi connectivity index (χ0n) is 5.52. The third kappa shape index (κ3) is 4.09. The van der Waals surface area contributed by atoms with E-state index in [1.54, 1.807) is 0 Å². The first-order chi connectivity index (χ1) is 3.81. The molecule has 0 heterocycles. The first-order valence-corrected chi connectivity index (χ1v) is 4.72. The minimum Gasteiger partial charge on any atom is -0.428 e. The van der Waals surface area contributed by atoms with Crippen molar-refractivity contribution in [3.63, 3.8) is 0 Å². The maximum absolute atomic E-state index is 9.06. The average molecular weight is 129 g/mol. The molecule has 0 aliphatic rings. The van der Waals surface area contributed by atoms with Crippen molar-refractivity contribution in [1.82, 2.24) is 0 Å².